The first kappa shape index (κ1) is 22.2. The molecule has 1 atom stereocenters. The predicted molar refractivity (Wildman–Crippen MR) is 114 cm³/mol. The first-order chi connectivity index (χ1) is 13.9. The molecule has 154 valence electrons. The molecule has 1 aliphatic rings. The molecule has 0 radical (unpaired) electrons. The summed E-state index contributed by atoms with van der Waals surface area (Å²) in [6.45, 7) is 2.03. The number of hydrogen-bond acceptors (Lipinski definition) is 5. The first-order valence-electron chi connectivity index (χ1n) is 9.96. The van der Waals surface area contributed by atoms with Gasteiger partial charge in [0.25, 0.3) is 5.91 Å². The quantitative estimate of drug-likeness (QED) is 0.315. The van der Waals surface area contributed by atoms with Gasteiger partial charge in [0, 0.05) is 26.3 Å². The maximum atomic E-state index is 12.3. The number of hydrogen-bond donors (Lipinski definition) is 1. The van der Waals surface area contributed by atoms with Crippen molar-refractivity contribution in [3.05, 3.63) is 47.1 Å². The van der Waals surface area contributed by atoms with Crippen molar-refractivity contribution < 1.29 is 14.3 Å². The highest BCUT2D eigenvalue weighted by Crippen LogP contribution is 2.19. The van der Waals surface area contributed by atoms with E-state index in [9.17, 15) is 14.9 Å². The SMILES string of the molecule is C[C@@H](OC(=O)/C(C#N)=C/c1ccc(N(C)C)cc1)C(=O)NCCC1=CCCCC1. The lowest BCUT2D eigenvalue weighted by molar-refractivity contribution is -0.150. The topological polar surface area (TPSA) is 82.4 Å². The lowest BCUT2D eigenvalue weighted by Gasteiger charge is -2.15. The minimum absolute atomic E-state index is 0.144. The van der Waals surface area contributed by atoms with Crippen LogP contribution in [0.1, 0.15) is 44.6 Å². The van der Waals surface area contributed by atoms with Gasteiger partial charge >= 0.3 is 5.97 Å². The van der Waals surface area contributed by atoms with Gasteiger partial charge in [-0.2, -0.15) is 5.26 Å². The normalized spacial score (nSPS) is 15.0. The number of rotatable bonds is 8. The molecule has 1 aromatic carbocycles. The second-order valence-electron chi connectivity index (χ2n) is 7.35. The minimum atomic E-state index is -0.962. The molecule has 0 unspecified atom stereocenters. The molecule has 0 saturated heterocycles. The predicted octanol–water partition coefficient (Wildman–Crippen LogP) is 3.60. The zero-order chi connectivity index (χ0) is 21.2. The van der Waals surface area contributed by atoms with E-state index < -0.39 is 12.1 Å². The number of nitriles is 1. The second kappa shape index (κ2) is 11.1. The monoisotopic (exact) mass is 395 g/mol. The maximum Gasteiger partial charge on any atom is 0.349 e. The third-order valence-electron chi connectivity index (χ3n) is 4.84. The molecule has 0 saturated carbocycles. The number of esters is 1. The Morgan fingerprint density at radius 1 is 1.28 bits per heavy atom. The Morgan fingerprint density at radius 3 is 2.59 bits per heavy atom. The Kier molecular flexibility index (Phi) is 8.47. The first-order valence-corrected chi connectivity index (χ1v) is 9.96. The van der Waals surface area contributed by atoms with Gasteiger partial charge in [-0.05, 0) is 62.8 Å². The minimum Gasteiger partial charge on any atom is -0.448 e. The highest BCUT2D eigenvalue weighted by Gasteiger charge is 2.20. The van der Waals surface area contributed by atoms with Crippen LogP contribution in [0.15, 0.2) is 41.5 Å². The second-order valence-corrected chi connectivity index (χ2v) is 7.35. The van der Waals surface area contributed by atoms with Crippen LogP contribution in [0.4, 0.5) is 5.69 Å². The van der Waals surface area contributed by atoms with E-state index in [4.69, 9.17) is 4.74 Å². The third-order valence-corrected chi connectivity index (χ3v) is 4.84. The molecule has 1 amide bonds. The van der Waals surface area contributed by atoms with Crippen LogP contribution in [0.5, 0.6) is 0 Å². The van der Waals surface area contributed by atoms with Crippen LogP contribution in [0.25, 0.3) is 6.08 Å². The summed E-state index contributed by atoms with van der Waals surface area (Å²) in [6, 6.07) is 9.27. The molecule has 0 aliphatic heterocycles. The molecule has 2 rings (SSSR count). The Bertz CT molecular complexity index is 817. The number of benzene rings is 1. The fourth-order valence-electron chi connectivity index (χ4n) is 3.07. The summed E-state index contributed by atoms with van der Waals surface area (Å²) >= 11 is 0. The van der Waals surface area contributed by atoms with Crippen LogP contribution in [0, 0.1) is 11.3 Å². The smallest absolute Gasteiger partial charge is 0.349 e. The zero-order valence-electron chi connectivity index (χ0n) is 17.4. The van der Waals surface area contributed by atoms with Crippen molar-refractivity contribution in [1.29, 1.82) is 5.26 Å². The summed E-state index contributed by atoms with van der Waals surface area (Å²) in [6.07, 6.45) is 8.20. The van der Waals surface area contributed by atoms with Crippen LogP contribution < -0.4 is 10.2 Å². The number of nitrogens with one attached hydrogen (secondary N) is 1. The Morgan fingerprint density at radius 2 is 2.00 bits per heavy atom. The van der Waals surface area contributed by atoms with Gasteiger partial charge in [0.05, 0.1) is 0 Å². The Balaban J connectivity index is 1.87. The molecule has 0 fully saturated rings. The number of carbonyl (C=O) groups excluding carboxylic acids is 2. The fourth-order valence-corrected chi connectivity index (χ4v) is 3.07. The van der Waals surface area contributed by atoms with Gasteiger partial charge in [0.15, 0.2) is 6.10 Å². The molecule has 0 aromatic heterocycles. The van der Waals surface area contributed by atoms with Gasteiger partial charge < -0.3 is 15.0 Å². The largest absolute Gasteiger partial charge is 0.448 e. The molecular formula is C23H29N3O3. The summed E-state index contributed by atoms with van der Waals surface area (Å²) in [7, 11) is 3.86. The van der Waals surface area contributed by atoms with E-state index >= 15 is 0 Å². The van der Waals surface area contributed by atoms with Gasteiger partial charge in [-0.1, -0.05) is 23.8 Å². The van der Waals surface area contributed by atoms with Crippen LogP contribution in [0.2, 0.25) is 0 Å². The van der Waals surface area contributed by atoms with E-state index in [-0.39, 0.29) is 11.5 Å². The fraction of sp³-hybridized carbons (Fsp3) is 0.435. The molecule has 6 heteroatoms. The average molecular weight is 396 g/mol. The molecule has 1 N–H and O–H groups in total. The Hall–Kier alpha value is -3.07. The lowest BCUT2D eigenvalue weighted by atomic mass is 9.97. The number of anilines is 1. The van der Waals surface area contributed by atoms with Crippen molar-refractivity contribution in [2.24, 2.45) is 0 Å². The number of ether oxygens (including phenoxy) is 1. The summed E-state index contributed by atoms with van der Waals surface area (Å²) in [5, 5.41) is 12.1. The van der Waals surface area contributed by atoms with E-state index in [0.717, 1.165) is 24.9 Å². The Labute approximate surface area is 172 Å². The van der Waals surface area contributed by atoms with Gasteiger partial charge in [0.2, 0.25) is 0 Å². The summed E-state index contributed by atoms with van der Waals surface area (Å²) in [5.41, 5.74) is 2.95. The van der Waals surface area contributed by atoms with Crippen molar-refractivity contribution in [3.63, 3.8) is 0 Å². The highest BCUT2D eigenvalue weighted by molar-refractivity contribution is 5.99. The van der Waals surface area contributed by atoms with E-state index in [2.05, 4.69) is 11.4 Å². The van der Waals surface area contributed by atoms with Crippen LogP contribution in [0.3, 0.4) is 0 Å². The van der Waals surface area contributed by atoms with Crippen LogP contribution in [-0.2, 0) is 14.3 Å². The molecule has 1 aromatic rings. The summed E-state index contributed by atoms with van der Waals surface area (Å²) in [4.78, 5) is 26.4. The summed E-state index contributed by atoms with van der Waals surface area (Å²) in [5.74, 6) is -1.16. The van der Waals surface area contributed by atoms with Gasteiger partial charge in [-0.25, -0.2) is 4.79 Å². The third kappa shape index (κ3) is 7.11. The molecule has 6 nitrogen and oxygen atoms in total. The van der Waals surface area contributed by atoms with Crippen molar-refractivity contribution in [2.75, 3.05) is 25.5 Å². The number of nitrogens with zero attached hydrogens (tertiary/aromatic N) is 2. The van der Waals surface area contributed by atoms with E-state index in [1.807, 2.05) is 49.3 Å². The van der Waals surface area contributed by atoms with E-state index in [1.54, 1.807) is 0 Å². The number of carbonyl (C=O) groups is 2. The summed E-state index contributed by atoms with van der Waals surface area (Å²) < 4.78 is 5.18. The van der Waals surface area contributed by atoms with Crippen molar-refractivity contribution in [2.45, 2.75) is 45.1 Å². The maximum absolute atomic E-state index is 12.3. The van der Waals surface area contributed by atoms with E-state index in [0.29, 0.717) is 12.1 Å². The van der Waals surface area contributed by atoms with Gasteiger partial charge in [0.1, 0.15) is 11.6 Å². The zero-order valence-corrected chi connectivity index (χ0v) is 17.4. The molecular weight excluding hydrogens is 366 g/mol. The number of amides is 1. The molecule has 29 heavy (non-hydrogen) atoms. The van der Waals surface area contributed by atoms with Crippen LogP contribution in [-0.4, -0.2) is 38.6 Å². The van der Waals surface area contributed by atoms with Gasteiger partial charge in [-0.3, -0.25) is 4.79 Å². The van der Waals surface area contributed by atoms with Crippen molar-refractivity contribution >= 4 is 23.6 Å². The standard InChI is InChI=1S/C23H29N3O3/c1-17(22(27)25-14-13-18-7-5-4-6-8-18)29-23(28)20(16-24)15-19-9-11-21(12-10-19)26(2)3/h7,9-12,15,17H,4-6,8,13-14H2,1-3H3,(H,25,27)/b20-15+/t17-/m1/s1. The number of allylic oxidation sites excluding steroid dienone is 1. The van der Waals surface area contributed by atoms with Crippen molar-refractivity contribution in [3.8, 4) is 6.07 Å². The highest BCUT2D eigenvalue weighted by atomic mass is 16.5. The lowest BCUT2D eigenvalue weighted by Crippen LogP contribution is -2.36. The average Bonchev–Trinajstić information content (AvgIpc) is 2.72. The van der Waals surface area contributed by atoms with Gasteiger partial charge in [-0.15, -0.1) is 0 Å². The molecule has 1 aliphatic carbocycles. The molecule has 0 bridgehead atoms. The van der Waals surface area contributed by atoms with E-state index in [1.165, 1.54) is 31.4 Å². The molecule has 0 spiro atoms. The molecule has 0 heterocycles. The van der Waals surface area contributed by atoms with Crippen LogP contribution >= 0.6 is 0 Å². The van der Waals surface area contributed by atoms with Crippen molar-refractivity contribution in [1.82, 2.24) is 5.32 Å².